The van der Waals surface area contributed by atoms with E-state index in [0.717, 1.165) is 24.0 Å². The van der Waals surface area contributed by atoms with Gasteiger partial charge in [0.25, 0.3) is 0 Å². The number of allylic oxidation sites excluding steroid dienone is 1. The fourth-order valence-corrected chi connectivity index (χ4v) is 2.42. The van der Waals surface area contributed by atoms with Gasteiger partial charge in [0.1, 0.15) is 5.82 Å². The van der Waals surface area contributed by atoms with E-state index in [2.05, 4.69) is 11.4 Å². The van der Waals surface area contributed by atoms with Crippen LogP contribution in [-0.2, 0) is 0 Å². The summed E-state index contributed by atoms with van der Waals surface area (Å²) in [6, 6.07) is 5.20. The van der Waals surface area contributed by atoms with Gasteiger partial charge in [-0.25, -0.2) is 4.39 Å². The Morgan fingerprint density at radius 3 is 2.81 bits per heavy atom. The molecule has 0 saturated heterocycles. The first-order chi connectivity index (χ1) is 7.72. The summed E-state index contributed by atoms with van der Waals surface area (Å²) in [5.74, 6) is -0.153. The van der Waals surface area contributed by atoms with Gasteiger partial charge in [-0.3, -0.25) is 0 Å². The lowest BCUT2D eigenvalue weighted by molar-refractivity contribution is 0.609. The number of rotatable bonds is 3. The second kappa shape index (κ2) is 4.79. The van der Waals surface area contributed by atoms with Crippen molar-refractivity contribution in [2.24, 2.45) is 0 Å². The number of likely N-dealkylation sites (N-methyl/N-ethyl adjacent to an activating group) is 1. The minimum Gasteiger partial charge on any atom is -0.310 e. The largest absolute Gasteiger partial charge is 0.310 e. The van der Waals surface area contributed by atoms with E-state index in [1.165, 1.54) is 18.1 Å². The first kappa shape index (κ1) is 11.3. The smallest absolute Gasteiger partial charge is 0.123 e. The van der Waals surface area contributed by atoms with Crippen molar-refractivity contribution >= 4 is 0 Å². The number of halogens is 1. The van der Waals surface area contributed by atoms with Gasteiger partial charge < -0.3 is 5.32 Å². The molecule has 0 saturated carbocycles. The lowest BCUT2D eigenvalue weighted by Crippen LogP contribution is -2.19. The van der Waals surface area contributed by atoms with Crippen molar-refractivity contribution in [1.82, 2.24) is 5.32 Å². The number of nitrogens with one attached hydrogen (secondary N) is 1. The zero-order chi connectivity index (χ0) is 11.5. The van der Waals surface area contributed by atoms with Crippen molar-refractivity contribution in [3.63, 3.8) is 0 Å². The molecular formula is C14H18FN. The van der Waals surface area contributed by atoms with Gasteiger partial charge in [-0.15, -0.1) is 0 Å². The quantitative estimate of drug-likeness (QED) is 0.767. The molecule has 0 fully saturated rings. The van der Waals surface area contributed by atoms with Gasteiger partial charge in [0, 0.05) is 0 Å². The minimum absolute atomic E-state index is 0.153. The molecule has 1 atom stereocenters. The molecule has 1 aliphatic rings. The molecule has 1 nitrogen and oxygen atoms in total. The molecule has 86 valence electrons. The Labute approximate surface area is 96.4 Å². The molecule has 1 aromatic carbocycles. The minimum atomic E-state index is -0.153. The predicted molar refractivity (Wildman–Crippen MR) is 64.9 cm³/mol. The maximum atomic E-state index is 13.3. The highest BCUT2D eigenvalue weighted by Crippen LogP contribution is 2.32. The SMILES string of the molecule is CNC(C1=CCCC1)c1cc(F)ccc1C. The topological polar surface area (TPSA) is 12.0 Å². The van der Waals surface area contributed by atoms with Gasteiger partial charge >= 0.3 is 0 Å². The molecular weight excluding hydrogens is 201 g/mol. The lowest BCUT2D eigenvalue weighted by atomic mass is 9.94. The highest BCUT2D eigenvalue weighted by Gasteiger charge is 2.19. The van der Waals surface area contributed by atoms with E-state index in [1.54, 1.807) is 6.07 Å². The zero-order valence-electron chi connectivity index (χ0n) is 9.89. The zero-order valence-corrected chi connectivity index (χ0v) is 9.89. The van der Waals surface area contributed by atoms with Crippen LogP contribution < -0.4 is 5.32 Å². The van der Waals surface area contributed by atoms with E-state index in [-0.39, 0.29) is 11.9 Å². The van der Waals surface area contributed by atoms with Gasteiger partial charge in [0.05, 0.1) is 6.04 Å². The Morgan fingerprint density at radius 1 is 1.38 bits per heavy atom. The first-order valence-electron chi connectivity index (χ1n) is 5.84. The second-order valence-electron chi connectivity index (χ2n) is 4.39. The number of benzene rings is 1. The van der Waals surface area contributed by atoms with E-state index in [9.17, 15) is 4.39 Å². The van der Waals surface area contributed by atoms with Crippen LogP contribution in [0.3, 0.4) is 0 Å². The molecule has 0 aliphatic heterocycles. The monoisotopic (exact) mass is 219 g/mol. The van der Waals surface area contributed by atoms with E-state index in [1.807, 2.05) is 20.0 Å². The van der Waals surface area contributed by atoms with Crippen LogP contribution in [0.5, 0.6) is 0 Å². The van der Waals surface area contributed by atoms with Crippen LogP contribution in [0.2, 0.25) is 0 Å². The van der Waals surface area contributed by atoms with E-state index >= 15 is 0 Å². The van der Waals surface area contributed by atoms with Gasteiger partial charge in [-0.1, -0.05) is 17.7 Å². The highest BCUT2D eigenvalue weighted by atomic mass is 19.1. The molecule has 1 unspecified atom stereocenters. The highest BCUT2D eigenvalue weighted by molar-refractivity contribution is 5.36. The Balaban J connectivity index is 2.35. The van der Waals surface area contributed by atoms with E-state index in [0.29, 0.717) is 0 Å². The number of aryl methyl sites for hydroxylation is 1. The molecule has 2 heteroatoms. The molecule has 1 aliphatic carbocycles. The summed E-state index contributed by atoms with van der Waals surface area (Å²) in [5.41, 5.74) is 3.61. The molecule has 16 heavy (non-hydrogen) atoms. The maximum Gasteiger partial charge on any atom is 0.123 e. The first-order valence-corrected chi connectivity index (χ1v) is 5.84. The summed E-state index contributed by atoms with van der Waals surface area (Å²) in [6.45, 7) is 2.04. The van der Waals surface area contributed by atoms with Crippen LogP contribution in [0.25, 0.3) is 0 Å². The molecule has 0 aromatic heterocycles. The summed E-state index contributed by atoms with van der Waals surface area (Å²) >= 11 is 0. The molecule has 0 radical (unpaired) electrons. The van der Waals surface area contributed by atoms with E-state index < -0.39 is 0 Å². The fraction of sp³-hybridized carbons (Fsp3) is 0.429. The summed E-state index contributed by atoms with van der Waals surface area (Å²) in [6.07, 6.45) is 5.79. The van der Waals surface area contributed by atoms with Crippen molar-refractivity contribution in [2.75, 3.05) is 7.05 Å². The van der Waals surface area contributed by atoms with Gasteiger partial charge in [-0.2, -0.15) is 0 Å². The van der Waals surface area contributed by atoms with Crippen molar-refractivity contribution < 1.29 is 4.39 Å². The molecule has 0 spiro atoms. The van der Waals surface area contributed by atoms with Gasteiger partial charge in [0.15, 0.2) is 0 Å². The third-order valence-electron chi connectivity index (χ3n) is 3.29. The fourth-order valence-electron chi connectivity index (χ4n) is 2.42. The van der Waals surface area contributed by atoms with Crippen LogP contribution >= 0.6 is 0 Å². The summed E-state index contributed by atoms with van der Waals surface area (Å²) in [4.78, 5) is 0. The molecule has 0 bridgehead atoms. The van der Waals surface area contributed by atoms with Crippen LogP contribution in [0.1, 0.15) is 36.4 Å². The van der Waals surface area contributed by atoms with Crippen molar-refractivity contribution in [1.29, 1.82) is 0 Å². The van der Waals surface area contributed by atoms with Gasteiger partial charge in [-0.05, 0) is 56.5 Å². The lowest BCUT2D eigenvalue weighted by Gasteiger charge is -2.20. The average molecular weight is 219 g/mol. The molecule has 1 aromatic rings. The molecule has 1 N–H and O–H groups in total. The van der Waals surface area contributed by atoms with Crippen molar-refractivity contribution in [2.45, 2.75) is 32.2 Å². The Hall–Kier alpha value is -1.15. The normalized spacial score (nSPS) is 17.3. The second-order valence-corrected chi connectivity index (χ2v) is 4.39. The summed E-state index contributed by atoms with van der Waals surface area (Å²) in [7, 11) is 1.94. The van der Waals surface area contributed by atoms with Crippen LogP contribution in [0, 0.1) is 12.7 Å². The third kappa shape index (κ3) is 2.17. The molecule has 2 rings (SSSR count). The Kier molecular flexibility index (Phi) is 3.39. The third-order valence-corrected chi connectivity index (χ3v) is 3.29. The summed E-state index contributed by atoms with van der Waals surface area (Å²) < 4.78 is 13.3. The number of hydrogen-bond acceptors (Lipinski definition) is 1. The average Bonchev–Trinajstić information content (AvgIpc) is 2.78. The summed E-state index contributed by atoms with van der Waals surface area (Å²) in [5, 5.41) is 3.29. The van der Waals surface area contributed by atoms with Crippen molar-refractivity contribution in [3.8, 4) is 0 Å². The Bertz CT molecular complexity index is 409. The Morgan fingerprint density at radius 2 is 2.19 bits per heavy atom. The van der Waals surface area contributed by atoms with Crippen LogP contribution in [0.15, 0.2) is 29.8 Å². The maximum absolute atomic E-state index is 13.3. The van der Waals surface area contributed by atoms with Crippen LogP contribution in [0.4, 0.5) is 4.39 Å². The molecule has 0 amide bonds. The number of hydrogen-bond donors (Lipinski definition) is 1. The molecule has 0 heterocycles. The van der Waals surface area contributed by atoms with Crippen molar-refractivity contribution in [3.05, 3.63) is 46.8 Å². The van der Waals surface area contributed by atoms with E-state index in [4.69, 9.17) is 0 Å². The predicted octanol–water partition coefficient (Wildman–Crippen LogP) is 3.50. The van der Waals surface area contributed by atoms with Gasteiger partial charge in [0.2, 0.25) is 0 Å². The van der Waals surface area contributed by atoms with Crippen LogP contribution in [-0.4, -0.2) is 7.05 Å². The standard InChI is InChI=1S/C14H18FN/c1-10-7-8-12(15)9-13(10)14(16-2)11-5-3-4-6-11/h5,7-9,14,16H,3-4,6H2,1-2H3.